The van der Waals surface area contributed by atoms with Crippen LogP contribution in [0.15, 0.2) is 47.4 Å². The molecule has 0 spiro atoms. The van der Waals surface area contributed by atoms with Crippen molar-refractivity contribution < 1.29 is 13.2 Å². The Hall–Kier alpha value is -1.60. The summed E-state index contributed by atoms with van der Waals surface area (Å²) in [6, 6.07) is 12.9. The van der Waals surface area contributed by atoms with Crippen molar-refractivity contribution in [3.8, 4) is 5.75 Å². The number of hydrogen-bond donors (Lipinski definition) is 1. The molecule has 2 aromatic rings. The number of halogens is 1. The highest BCUT2D eigenvalue weighted by Crippen LogP contribution is 2.18. The number of nitrogens with zero attached hydrogens (tertiary/aromatic N) is 1. The number of hydrogen-bond acceptors (Lipinski definition) is 5. The Kier molecular flexibility index (Phi) is 6.99. The first-order valence-corrected chi connectivity index (χ1v) is 11.7. The number of nitrogens with one attached hydrogen (secondary N) is 1. The Balaban J connectivity index is 1.49. The lowest BCUT2D eigenvalue weighted by Gasteiger charge is -2.33. The van der Waals surface area contributed by atoms with Crippen LogP contribution in [-0.2, 0) is 16.3 Å². The molecule has 5 nitrogen and oxygen atoms in total. The van der Waals surface area contributed by atoms with E-state index in [9.17, 15) is 8.42 Å². The molecule has 1 aliphatic rings. The Bertz CT molecular complexity index is 900. The fraction of sp³-hybridized carbons (Fsp3) is 0.429. The summed E-state index contributed by atoms with van der Waals surface area (Å²) in [7, 11) is -3.18. The molecule has 1 fully saturated rings. The van der Waals surface area contributed by atoms with Crippen LogP contribution in [0.25, 0.3) is 0 Å². The van der Waals surface area contributed by atoms with Gasteiger partial charge in [0.15, 0.2) is 9.84 Å². The highest BCUT2D eigenvalue weighted by molar-refractivity contribution is 7.90. The van der Waals surface area contributed by atoms with Crippen molar-refractivity contribution in [2.45, 2.75) is 24.3 Å². The molecule has 0 saturated carbocycles. The average Bonchev–Trinajstić information content (AvgIpc) is 2.67. The standard InChI is InChI=1S/C21H27ClN2O3S/c1-16-3-4-18(22)13-17(16)9-11-24-12-10-23-19(14-24)15-27-20-5-7-21(8-6-20)28(2,25)26/h3-8,13,19,23H,9-12,14-15H2,1-2H3/t19-/m0/s1. The summed E-state index contributed by atoms with van der Waals surface area (Å²) in [5, 5.41) is 4.28. The van der Waals surface area contributed by atoms with E-state index in [0.29, 0.717) is 17.3 Å². The quantitative estimate of drug-likeness (QED) is 0.743. The third-order valence-electron chi connectivity index (χ3n) is 5.05. The van der Waals surface area contributed by atoms with Crippen LogP contribution in [0.1, 0.15) is 11.1 Å². The molecular weight excluding hydrogens is 396 g/mol. The van der Waals surface area contributed by atoms with Gasteiger partial charge in [0.2, 0.25) is 0 Å². The maximum absolute atomic E-state index is 11.5. The molecule has 0 unspecified atom stereocenters. The van der Waals surface area contributed by atoms with Crippen molar-refractivity contribution in [1.29, 1.82) is 0 Å². The van der Waals surface area contributed by atoms with Gasteiger partial charge in [-0.1, -0.05) is 17.7 Å². The molecule has 7 heteroatoms. The van der Waals surface area contributed by atoms with Gasteiger partial charge in [0.25, 0.3) is 0 Å². The van der Waals surface area contributed by atoms with Crippen LogP contribution in [0, 0.1) is 6.92 Å². The van der Waals surface area contributed by atoms with Gasteiger partial charge in [0.1, 0.15) is 12.4 Å². The van der Waals surface area contributed by atoms with Crippen LogP contribution >= 0.6 is 11.6 Å². The second kappa shape index (κ2) is 9.27. The van der Waals surface area contributed by atoms with Crippen LogP contribution in [-0.4, -0.2) is 58.4 Å². The molecule has 3 rings (SSSR count). The van der Waals surface area contributed by atoms with E-state index in [2.05, 4.69) is 29.3 Å². The molecule has 0 aromatic heterocycles. The molecule has 0 amide bonds. The van der Waals surface area contributed by atoms with E-state index >= 15 is 0 Å². The molecule has 1 aliphatic heterocycles. The second-order valence-corrected chi connectivity index (χ2v) is 9.78. The topological polar surface area (TPSA) is 58.6 Å². The van der Waals surface area contributed by atoms with Crippen molar-refractivity contribution >= 4 is 21.4 Å². The van der Waals surface area contributed by atoms with Gasteiger partial charge in [-0.2, -0.15) is 0 Å². The second-order valence-electron chi connectivity index (χ2n) is 7.33. The number of benzene rings is 2. The molecule has 28 heavy (non-hydrogen) atoms. The van der Waals surface area contributed by atoms with Crippen molar-refractivity contribution in [2.75, 3.05) is 39.0 Å². The highest BCUT2D eigenvalue weighted by Gasteiger charge is 2.20. The zero-order valence-electron chi connectivity index (χ0n) is 16.3. The van der Waals surface area contributed by atoms with Crippen LogP contribution in [0.4, 0.5) is 0 Å². The van der Waals surface area contributed by atoms with Crippen LogP contribution in [0.3, 0.4) is 0 Å². The molecule has 0 aliphatic carbocycles. The van der Waals surface area contributed by atoms with Gasteiger partial charge in [-0.25, -0.2) is 8.42 Å². The Morgan fingerprint density at radius 1 is 1.21 bits per heavy atom. The van der Waals surface area contributed by atoms with Gasteiger partial charge in [-0.15, -0.1) is 0 Å². The SMILES string of the molecule is Cc1ccc(Cl)cc1CCN1CCN[C@H](COc2ccc(S(C)(=O)=O)cc2)C1. The number of ether oxygens (including phenoxy) is 1. The maximum Gasteiger partial charge on any atom is 0.175 e. The lowest BCUT2D eigenvalue weighted by Crippen LogP contribution is -2.53. The zero-order chi connectivity index (χ0) is 20.1. The molecule has 1 saturated heterocycles. The van der Waals surface area contributed by atoms with E-state index in [1.54, 1.807) is 24.3 Å². The highest BCUT2D eigenvalue weighted by atomic mass is 35.5. The Labute approximate surface area is 172 Å². The third kappa shape index (κ3) is 5.95. The Morgan fingerprint density at radius 2 is 1.96 bits per heavy atom. The summed E-state index contributed by atoms with van der Waals surface area (Å²) in [6.45, 7) is 6.51. The van der Waals surface area contributed by atoms with E-state index < -0.39 is 9.84 Å². The molecule has 1 heterocycles. The van der Waals surface area contributed by atoms with Gasteiger partial charge in [-0.3, -0.25) is 0 Å². The summed E-state index contributed by atoms with van der Waals surface area (Å²) in [4.78, 5) is 2.75. The van der Waals surface area contributed by atoms with Crippen molar-refractivity contribution in [1.82, 2.24) is 10.2 Å². The number of piperazine rings is 1. The average molecular weight is 423 g/mol. The van der Waals surface area contributed by atoms with Crippen LogP contribution in [0.5, 0.6) is 5.75 Å². The zero-order valence-corrected chi connectivity index (χ0v) is 17.9. The lowest BCUT2D eigenvalue weighted by molar-refractivity contribution is 0.159. The largest absolute Gasteiger partial charge is 0.492 e. The van der Waals surface area contributed by atoms with E-state index in [1.165, 1.54) is 17.4 Å². The summed E-state index contributed by atoms with van der Waals surface area (Å²) in [5.74, 6) is 0.681. The summed E-state index contributed by atoms with van der Waals surface area (Å²) in [6.07, 6.45) is 2.18. The van der Waals surface area contributed by atoms with Crippen LogP contribution in [0.2, 0.25) is 5.02 Å². The minimum atomic E-state index is -3.18. The molecule has 0 radical (unpaired) electrons. The minimum Gasteiger partial charge on any atom is -0.492 e. The molecule has 1 N–H and O–H groups in total. The number of sulfone groups is 1. The number of aryl methyl sites for hydroxylation is 1. The summed E-state index contributed by atoms with van der Waals surface area (Å²) in [5.41, 5.74) is 2.57. The molecule has 1 atom stereocenters. The van der Waals surface area contributed by atoms with Gasteiger partial charge in [-0.05, 0) is 60.9 Å². The first-order chi connectivity index (χ1) is 13.3. The molecule has 2 aromatic carbocycles. The molecular formula is C21H27ClN2O3S. The van der Waals surface area contributed by atoms with Gasteiger partial charge in [0.05, 0.1) is 10.9 Å². The van der Waals surface area contributed by atoms with Gasteiger partial charge < -0.3 is 15.0 Å². The molecule has 152 valence electrons. The van der Waals surface area contributed by atoms with Crippen molar-refractivity contribution in [3.05, 3.63) is 58.6 Å². The van der Waals surface area contributed by atoms with Gasteiger partial charge >= 0.3 is 0 Å². The number of rotatable bonds is 7. The summed E-state index contributed by atoms with van der Waals surface area (Å²) >= 11 is 6.12. The van der Waals surface area contributed by atoms with Crippen molar-refractivity contribution in [3.63, 3.8) is 0 Å². The lowest BCUT2D eigenvalue weighted by atomic mass is 10.1. The predicted molar refractivity (Wildman–Crippen MR) is 113 cm³/mol. The first kappa shape index (κ1) is 21.1. The molecule has 0 bridgehead atoms. The predicted octanol–water partition coefficient (Wildman–Crippen LogP) is 2.95. The van der Waals surface area contributed by atoms with E-state index in [-0.39, 0.29) is 6.04 Å². The van der Waals surface area contributed by atoms with E-state index in [0.717, 1.165) is 37.6 Å². The van der Waals surface area contributed by atoms with E-state index in [1.807, 2.05) is 6.07 Å². The monoisotopic (exact) mass is 422 g/mol. The fourth-order valence-corrected chi connectivity index (χ4v) is 4.20. The fourth-order valence-electron chi connectivity index (χ4n) is 3.38. The third-order valence-corrected chi connectivity index (χ3v) is 6.41. The normalized spacial score (nSPS) is 18.2. The smallest absolute Gasteiger partial charge is 0.175 e. The van der Waals surface area contributed by atoms with E-state index in [4.69, 9.17) is 16.3 Å². The van der Waals surface area contributed by atoms with Crippen LogP contribution < -0.4 is 10.1 Å². The maximum atomic E-state index is 11.5. The minimum absolute atomic E-state index is 0.240. The first-order valence-electron chi connectivity index (χ1n) is 9.45. The van der Waals surface area contributed by atoms with Gasteiger partial charge in [0, 0.05) is 37.5 Å². The summed E-state index contributed by atoms with van der Waals surface area (Å²) < 4.78 is 28.9. The van der Waals surface area contributed by atoms with Crippen molar-refractivity contribution in [2.24, 2.45) is 0 Å². The Morgan fingerprint density at radius 3 is 2.68 bits per heavy atom.